The number of benzene rings is 1. The third-order valence-corrected chi connectivity index (χ3v) is 4.75. The number of hydrogen-bond donors (Lipinski definition) is 3. The van der Waals surface area contributed by atoms with E-state index in [0.29, 0.717) is 19.4 Å². The molecule has 1 aromatic heterocycles. The number of aromatic nitrogens is 1. The Labute approximate surface area is 166 Å². The summed E-state index contributed by atoms with van der Waals surface area (Å²) >= 11 is 5.65. The van der Waals surface area contributed by atoms with Crippen LogP contribution in [-0.4, -0.2) is 23.0 Å². The predicted octanol–water partition coefficient (Wildman–Crippen LogP) is 3.50. The van der Waals surface area contributed by atoms with Gasteiger partial charge in [0.25, 0.3) is 0 Å². The van der Waals surface area contributed by atoms with Gasteiger partial charge in [-0.15, -0.1) is 0 Å². The topological polar surface area (TPSA) is 69.3 Å². The molecule has 3 rings (SSSR count). The summed E-state index contributed by atoms with van der Waals surface area (Å²) < 4.78 is 28.2. The molecule has 0 saturated heterocycles. The number of nitrogens with zero attached hydrogens (tertiary/aromatic N) is 1. The Balaban J connectivity index is 1.83. The number of hydrogen-bond acceptors (Lipinski definition) is 4. The number of halogens is 3. The third-order valence-electron chi connectivity index (χ3n) is 4.46. The first kappa shape index (κ1) is 20.2. The monoisotopic (exact) mass is 406 g/mol. The van der Waals surface area contributed by atoms with Crippen LogP contribution in [-0.2, 0) is 6.42 Å². The van der Waals surface area contributed by atoms with Gasteiger partial charge < -0.3 is 10.3 Å². The third kappa shape index (κ3) is 4.66. The first-order valence-electron chi connectivity index (χ1n) is 8.96. The summed E-state index contributed by atoms with van der Waals surface area (Å²) in [5, 5.41) is 6.10. The maximum atomic E-state index is 14.4. The Kier molecular flexibility index (Phi) is 5.96. The van der Waals surface area contributed by atoms with E-state index in [9.17, 15) is 13.6 Å². The van der Waals surface area contributed by atoms with Crippen LogP contribution in [0.1, 0.15) is 31.4 Å². The molecular formula is C20H21ClF2N4O. The normalized spacial score (nSPS) is 19.0. The van der Waals surface area contributed by atoms with E-state index < -0.39 is 17.3 Å². The van der Waals surface area contributed by atoms with Crippen molar-refractivity contribution in [2.75, 3.05) is 6.54 Å². The van der Waals surface area contributed by atoms with Crippen LogP contribution >= 0.6 is 11.6 Å². The average molecular weight is 407 g/mol. The van der Waals surface area contributed by atoms with Crippen molar-refractivity contribution in [2.24, 2.45) is 4.99 Å². The van der Waals surface area contributed by atoms with Gasteiger partial charge in [-0.1, -0.05) is 18.5 Å². The van der Waals surface area contributed by atoms with Crippen molar-refractivity contribution < 1.29 is 8.78 Å². The summed E-state index contributed by atoms with van der Waals surface area (Å²) in [6.45, 7) is 4.35. The number of pyridine rings is 1. The Morgan fingerprint density at radius 2 is 2.04 bits per heavy atom. The van der Waals surface area contributed by atoms with E-state index in [0.717, 1.165) is 23.4 Å². The lowest BCUT2D eigenvalue weighted by Gasteiger charge is -2.31. The number of H-pyrrole nitrogens is 1. The molecule has 0 radical (unpaired) electrons. The number of rotatable bonds is 6. The average Bonchev–Trinajstić information content (AvgIpc) is 2.64. The number of nitrogens with one attached hydrogen (secondary N) is 3. The van der Waals surface area contributed by atoms with Crippen LogP contribution in [0.25, 0.3) is 0 Å². The predicted molar refractivity (Wildman–Crippen MR) is 107 cm³/mol. The van der Waals surface area contributed by atoms with E-state index in [1.54, 1.807) is 12.3 Å². The fourth-order valence-electron chi connectivity index (χ4n) is 3.04. The van der Waals surface area contributed by atoms with Crippen molar-refractivity contribution in [3.05, 3.63) is 80.4 Å². The molecule has 1 atom stereocenters. The fraction of sp³-hybridized carbons (Fsp3) is 0.300. The van der Waals surface area contributed by atoms with Crippen LogP contribution in [0.15, 0.2) is 52.0 Å². The molecule has 1 aromatic carbocycles. The van der Waals surface area contributed by atoms with Gasteiger partial charge in [-0.25, -0.2) is 13.8 Å². The lowest BCUT2D eigenvalue weighted by Crippen LogP contribution is -2.46. The highest BCUT2D eigenvalue weighted by molar-refractivity contribution is 6.30. The minimum atomic E-state index is -0.810. The number of allylic oxidation sites excluding steroid dienone is 1. The first-order chi connectivity index (χ1) is 13.3. The zero-order chi connectivity index (χ0) is 20.3. The van der Waals surface area contributed by atoms with Crippen molar-refractivity contribution >= 4 is 17.4 Å². The van der Waals surface area contributed by atoms with Crippen molar-refractivity contribution in [3.63, 3.8) is 0 Å². The summed E-state index contributed by atoms with van der Waals surface area (Å²) in [5.74, 6) is -1.13. The minimum absolute atomic E-state index is 0.0172. The molecular weight excluding hydrogens is 386 g/mol. The number of amidine groups is 1. The number of aliphatic imine (C=N–C) groups is 1. The second kappa shape index (κ2) is 8.24. The molecule has 28 heavy (non-hydrogen) atoms. The van der Waals surface area contributed by atoms with Gasteiger partial charge in [0.05, 0.1) is 10.6 Å². The van der Waals surface area contributed by atoms with Crippen LogP contribution in [0.5, 0.6) is 0 Å². The lowest BCUT2D eigenvalue weighted by atomic mass is 10.0. The smallest absolute Gasteiger partial charge is 0.248 e. The Bertz CT molecular complexity index is 1000. The highest BCUT2D eigenvalue weighted by atomic mass is 35.5. The van der Waals surface area contributed by atoms with Gasteiger partial charge in [-0.2, -0.15) is 0 Å². The quantitative estimate of drug-likeness (QED) is 0.643. The van der Waals surface area contributed by atoms with E-state index in [2.05, 4.69) is 20.6 Å². The van der Waals surface area contributed by atoms with Crippen LogP contribution < -0.4 is 16.2 Å². The van der Waals surface area contributed by atoms with Gasteiger partial charge in [0.15, 0.2) is 0 Å². The SMILES string of the molecule is CCC1=CC(C)(NCCc2cc[nH]c(=O)c2)N=C(c2cc(F)c(Cl)cc2F)N1. The van der Waals surface area contributed by atoms with Gasteiger partial charge in [-0.05, 0) is 49.6 Å². The van der Waals surface area contributed by atoms with Crippen LogP contribution in [0.4, 0.5) is 8.78 Å². The molecule has 0 saturated carbocycles. The number of aromatic amines is 1. The maximum absolute atomic E-state index is 14.4. The van der Waals surface area contributed by atoms with Crippen LogP contribution in [0, 0.1) is 11.6 Å². The van der Waals surface area contributed by atoms with E-state index >= 15 is 0 Å². The zero-order valence-corrected chi connectivity index (χ0v) is 16.3. The van der Waals surface area contributed by atoms with Crippen LogP contribution in [0.2, 0.25) is 5.02 Å². The largest absolute Gasteiger partial charge is 0.344 e. The Morgan fingerprint density at radius 3 is 2.75 bits per heavy atom. The molecule has 148 valence electrons. The molecule has 1 unspecified atom stereocenters. The highest BCUT2D eigenvalue weighted by Crippen LogP contribution is 2.24. The summed E-state index contributed by atoms with van der Waals surface area (Å²) in [6.07, 6.45) is 4.81. The van der Waals surface area contributed by atoms with E-state index in [1.807, 2.05) is 26.0 Å². The highest BCUT2D eigenvalue weighted by Gasteiger charge is 2.27. The summed E-state index contributed by atoms with van der Waals surface area (Å²) in [6, 6.07) is 5.36. The molecule has 0 spiro atoms. The molecule has 0 amide bonds. The summed E-state index contributed by atoms with van der Waals surface area (Å²) in [5.41, 5.74) is 0.785. The molecule has 1 aliphatic rings. The van der Waals surface area contributed by atoms with Crippen molar-refractivity contribution in [3.8, 4) is 0 Å². The molecule has 2 heterocycles. The molecule has 1 aliphatic heterocycles. The van der Waals surface area contributed by atoms with E-state index in [4.69, 9.17) is 11.6 Å². The molecule has 2 aromatic rings. The second-order valence-corrected chi connectivity index (χ2v) is 7.15. The van der Waals surface area contributed by atoms with Gasteiger partial charge >= 0.3 is 0 Å². The molecule has 5 nitrogen and oxygen atoms in total. The fourth-order valence-corrected chi connectivity index (χ4v) is 3.19. The Hall–Kier alpha value is -2.51. The van der Waals surface area contributed by atoms with Crippen molar-refractivity contribution in [2.45, 2.75) is 32.4 Å². The molecule has 0 fully saturated rings. The lowest BCUT2D eigenvalue weighted by molar-refractivity contribution is 0.446. The summed E-state index contributed by atoms with van der Waals surface area (Å²) in [4.78, 5) is 18.5. The second-order valence-electron chi connectivity index (χ2n) is 6.74. The van der Waals surface area contributed by atoms with E-state index in [-0.39, 0.29) is 22.0 Å². The first-order valence-corrected chi connectivity index (χ1v) is 9.33. The standard InChI is InChI=1S/C20H21ClF2N4O/c1-3-13-11-20(2,25-7-5-12-4-6-24-18(28)8-12)27-19(26-13)14-9-17(23)15(21)10-16(14)22/h4,6,8-11,25H,3,5,7H2,1-2H3,(H,24,28)(H,26,27). The molecule has 0 aliphatic carbocycles. The van der Waals surface area contributed by atoms with Gasteiger partial charge in [0, 0.05) is 24.5 Å². The van der Waals surface area contributed by atoms with Crippen molar-refractivity contribution in [1.82, 2.24) is 15.6 Å². The van der Waals surface area contributed by atoms with Gasteiger partial charge in [0.2, 0.25) is 5.56 Å². The van der Waals surface area contributed by atoms with Gasteiger partial charge in [0.1, 0.15) is 23.1 Å². The molecule has 3 N–H and O–H groups in total. The summed E-state index contributed by atoms with van der Waals surface area (Å²) in [7, 11) is 0. The van der Waals surface area contributed by atoms with E-state index in [1.165, 1.54) is 0 Å². The van der Waals surface area contributed by atoms with Crippen molar-refractivity contribution in [1.29, 1.82) is 0 Å². The Morgan fingerprint density at radius 1 is 1.25 bits per heavy atom. The molecule has 0 bridgehead atoms. The zero-order valence-electron chi connectivity index (χ0n) is 15.6. The van der Waals surface area contributed by atoms with Gasteiger partial charge in [-0.3, -0.25) is 10.1 Å². The minimum Gasteiger partial charge on any atom is -0.344 e. The maximum Gasteiger partial charge on any atom is 0.248 e. The molecule has 8 heteroatoms. The van der Waals surface area contributed by atoms with Crippen LogP contribution in [0.3, 0.4) is 0 Å².